The van der Waals surface area contributed by atoms with E-state index in [4.69, 9.17) is 11.6 Å². The second-order valence-corrected chi connectivity index (χ2v) is 5.20. The zero-order valence-corrected chi connectivity index (χ0v) is 12.1. The molecule has 2 rings (SSSR count). The van der Waals surface area contributed by atoms with Gasteiger partial charge in [-0.1, -0.05) is 35.5 Å². The molecule has 0 bridgehead atoms. The molecule has 0 saturated carbocycles. The summed E-state index contributed by atoms with van der Waals surface area (Å²) < 4.78 is 0. The molecule has 0 aliphatic carbocycles. The molecule has 20 heavy (non-hydrogen) atoms. The lowest BCUT2D eigenvalue weighted by atomic mass is 10.2. The molecule has 0 atom stereocenters. The molecule has 1 aromatic carbocycles. The van der Waals surface area contributed by atoms with Crippen LogP contribution in [0.25, 0.3) is 0 Å². The van der Waals surface area contributed by atoms with Gasteiger partial charge < -0.3 is 5.32 Å². The second-order valence-electron chi connectivity index (χ2n) is 3.80. The van der Waals surface area contributed by atoms with Crippen molar-refractivity contribution in [2.45, 2.75) is 10.8 Å². The first kappa shape index (κ1) is 14.5. The summed E-state index contributed by atoms with van der Waals surface area (Å²) in [6, 6.07) is 7.32. The number of benzene rings is 1. The largest absolute Gasteiger partial charge is 0.367 e. The number of nitro groups is 1. The minimum Gasteiger partial charge on any atom is -0.367 e. The first-order valence-electron chi connectivity index (χ1n) is 5.66. The Morgan fingerprint density at radius 2 is 2.05 bits per heavy atom. The zero-order valence-electron chi connectivity index (χ0n) is 10.5. The highest BCUT2D eigenvalue weighted by Gasteiger charge is 2.22. The summed E-state index contributed by atoms with van der Waals surface area (Å²) in [6.07, 6.45) is 1.31. The fourth-order valence-electron chi connectivity index (χ4n) is 1.55. The van der Waals surface area contributed by atoms with Crippen LogP contribution in [-0.4, -0.2) is 21.9 Å². The first-order valence-corrected chi connectivity index (χ1v) is 7.02. The Hall–Kier alpha value is -1.86. The Kier molecular flexibility index (Phi) is 4.75. The number of nitrogens with one attached hydrogen (secondary N) is 1. The van der Waals surface area contributed by atoms with Crippen LogP contribution < -0.4 is 5.32 Å². The van der Waals surface area contributed by atoms with Gasteiger partial charge in [0.1, 0.15) is 6.33 Å². The zero-order chi connectivity index (χ0) is 14.5. The molecule has 1 aromatic heterocycles. The van der Waals surface area contributed by atoms with Gasteiger partial charge in [-0.2, -0.15) is 0 Å². The van der Waals surface area contributed by atoms with Gasteiger partial charge in [0.15, 0.2) is 5.03 Å². The van der Waals surface area contributed by atoms with Crippen molar-refractivity contribution in [2.24, 2.45) is 0 Å². The van der Waals surface area contributed by atoms with Crippen molar-refractivity contribution in [2.75, 3.05) is 12.4 Å². The van der Waals surface area contributed by atoms with Crippen LogP contribution in [0.4, 0.5) is 11.5 Å². The van der Waals surface area contributed by atoms with Crippen molar-refractivity contribution in [3.8, 4) is 0 Å². The minimum atomic E-state index is -0.476. The molecule has 0 fully saturated rings. The van der Waals surface area contributed by atoms with E-state index in [1.807, 2.05) is 12.1 Å². The van der Waals surface area contributed by atoms with Crippen LogP contribution in [0.2, 0.25) is 5.02 Å². The summed E-state index contributed by atoms with van der Waals surface area (Å²) in [6.45, 7) is 0. The molecule has 0 unspecified atom stereocenters. The predicted molar refractivity (Wildman–Crippen MR) is 79.2 cm³/mol. The normalized spacial score (nSPS) is 10.3. The van der Waals surface area contributed by atoms with E-state index in [1.165, 1.54) is 18.1 Å². The lowest BCUT2D eigenvalue weighted by molar-refractivity contribution is -0.387. The maximum absolute atomic E-state index is 11.1. The molecule has 1 N–H and O–H groups in total. The quantitative estimate of drug-likeness (QED) is 0.394. The topological polar surface area (TPSA) is 81.0 Å². The van der Waals surface area contributed by atoms with Crippen molar-refractivity contribution in [3.05, 3.63) is 51.3 Å². The molecule has 6 nitrogen and oxygen atoms in total. The average Bonchev–Trinajstić information content (AvgIpc) is 2.46. The lowest BCUT2D eigenvalue weighted by Crippen LogP contribution is -2.02. The Bertz CT molecular complexity index is 621. The van der Waals surface area contributed by atoms with Crippen molar-refractivity contribution in [1.29, 1.82) is 0 Å². The molecule has 0 saturated heterocycles. The number of anilines is 1. The Balaban J connectivity index is 2.21. The standard InChI is InChI=1S/C12H11ClN4O2S/c1-14-11-10(17(18)19)12(16-7-15-11)20-6-8-2-4-9(13)5-3-8/h2-5,7H,6H2,1H3,(H,14,15,16). The van der Waals surface area contributed by atoms with Crippen LogP contribution in [0.3, 0.4) is 0 Å². The lowest BCUT2D eigenvalue weighted by Gasteiger charge is -2.05. The number of thioether (sulfide) groups is 1. The summed E-state index contributed by atoms with van der Waals surface area (Å²) in [7, 11) is 1.59. The van der Waals surface area contributed by atoms with E-state index in [2.05, 4.69) is 15.3 Å². The van der Waals surface area contributed by atoms with Crippen molar-refractivity contribution < 1.29 is 4.92 Å². The maximum Gasteiger partial charge on any atom is 0.343 e. The maximum atomic E-state index is 11.1. The molecule has 0 radical (unpaired) electrons. The predicted octanol–water partition coefficient (Wildman–Crippen LogP) is 3.37. The summed E-state index contributed by atoms with van der Waals surface area (Å²) >= 11 is 7.10. The van der Waals surface area contributed by atoms with Crippen molar-refractivity contribution >= 4 is 34.9 Å². The fraction of sp³-hybridized carbons (Fsp3) is 0.167. The van der Waals surface area contributed by atoms with Crippen molar-refractivity contribution in [1.82, 2.24) is 9.97 Å². The van der Waals surface area contributed by atoms with Gasteiger partial charge in [0.05, 0.1) is 4.92 Å². The smallest absolute Gasteiger partial charge is 0.343 e. The van der Waals surface area contributed by atoms with Gasteiger partial charge in [-0.05, 0) is 17.7 Å². The third-order valence-corrected chi connectivity index (χ3v) is 3.80. The van der Waals surface area contributed by atoms with Gasteiger partial charge in [0, 0.05) is 17.8 Å². The van der Waals surface area contributed by atoms with E-state index in [-0.39, 0.29) is 11.5 Å². The third-order valence-electron chi connectivity index (χ3n) is 2.50. The summed E-state index contributed by atoms with van der Waals surface area (Å²) in [5.74, 6) is 0.779. The molecule has 104 valence electrons. The minimum absolute atomic E-state index is 0.103. The van der Waals surface area contributed by atoms with Crippen LogP contribution in [-0.2, 0) is 5.75 Å². The summed E-state index contributed by atoms with van der Waals surface area (Å²) in [5.41, 5.74) is 0.910. The molecule has 2 aromatic rings. The van der Waals surface area contributed by atoms with Crippen LogP contribution in [0.5, 0.6) is 0 Å². The van der Waals surface area contributed by atoms with E-state index < -0.39 is 4.92 Å². The highest BCUT2D eigenvalue weighted by Crippen LogP contribution is 2.33. The third kappa shape index (κ3) is 3.37. The molecule has 0 aliphatic heterocycles. The molecule has 1 heterocycles. The van der Waals surface area contributed by atoms with E-state index in [0.717, 1.165) is 5.56 Å². The molecular formula is C12H11ClN4O2S. The Morgan fingerprint density at radius 1 is 1.35 bits per heavy atom. The van der Waals surface area contributed by atoms with E-state index in [9.17, 15) is 10.1 Å². The number of hydrogen-bond donors (Lipinski definition) is 1. The molecular weight excluding hydrogens is 300 g/mol. The molecule has 8 heteroatoms. The van der Waals surface area contributed by atoms with Crippen LogP contribution >= 0.6 is 23.4 Å². The van der Waals surface area contributed by atoms with Gasteiger partial charge in [-0.25, -0.2) is 9.97 Å². The van der Waals surface area contributed by atoms with Gasteiger partial charge in [-0.3, -0.25) is 10.1 Å². The monoisotopic (exact) mass is 310 g/mol. The van der Waals surface area contributed by atoms with E-state index in [0.29, 0.717) is 15.8 Å². The van der Waals surface area contributed by atoms with Crippen LogP contribution in [0, 0.1) is 10.1 Å². The molecule has 0 amide bonds. The highest BCUT2D eigenvalue weighted by atomic mass is 35.5. The van der Waals surface area contributed by atoms with E-state index >= 15 is 0 Å². The Labute approximate surface area is 124 Å². The van der Waals surface area contributed by atoms with Gasteiger partial charge >= 0.3 is 5.69 Å². The second kappa shape index (κ2) is 6.53. The van der Waals surface area contributed by atoms with Gasteiger partial charge in [0.2, 0.25) is 5.82 Å². The number of halogens is 1. The fourth-order valence-corrected chi connectivity index (χ4v) is 2.60. The average molecular weight is 311 g/mol. The van der Waals surface area contributed by atoms with Gasteiger partial charge in [-0.15, -0.1) is 0 Å². The first-order chi connectivity index (χ1) is 9.61. The highest BCUT2D eigenvalue weighted by molar-refractivity contribution is 7.98. The van der Waals surface area contributed by atoms with Crippen LogP contribution in [0.15, 0.2) is 35.6 Å². The Morgan fingerprint density at radius 3 is 2.65 bits per heavy atom. The van der Waals surface area contributed by atoms with Gasteiger partial charge in [0.25, 0.3) is 0 Å². The number of hydrogen-bond acceptors (Lipinski definition) is 6. The van der Waals surface area contributed by atoms with Crippen LogP contribution in [0.1, 0.15) is 5.56 Å². The van der Waals surface area contributed by atoms with E-state index in [1.54, 1.807) is 19.2 Å². The SMILES string of the molecule is CNc1ncnc(SCc2ccc(Cl)cc2)c1[N+](=O)[O-]. The van der Waals surface area contributed by atoms with Crippen molar-refractivity contribution in [3.63, 3.8) is 0 Å². The molecule has 0 spiro atoms. The number of nitrogens with zero attached hydrogens (tertiary/aromatic N) is 3. The summed E-state index contributed by atoms with van der Waals surface area (Å²) in [5, 5.41) is 14.8. The number of rotatable bonds is 5. The number of aromatic nitrogens is 2. The molecule has 0 aliphatic rings. The summed E-state index contributed by atoms with van der Waals surface area (Å²) in [4.78, 5) is 18.5.